The summed E-state index contributed by atoms with van der Waals surface area (Å²) in [5.74, 6) is 0.426. The number of pyridine rings is 2. The van der Waals surface area contributed by atoms with Crippen LogP contribution in [0.5, 0.6) is 11.6 Å². The van der Waals surface area contributed by atoms with Crippen molar-refractivity contribution in [3.8, 4) is 11.6 Å². The monoisotopic (exact) mass is 375 g/mol. The van der Waals surface area contributed by atoms with Gasteiger partial charge in [-0.25, -0.2) is 4.98 Å². The van der Waals surface area contributed by atoms with Gasteiger partial charge in [-0.2, -0.15) is 0 Å². The zero-order chi connectivity index (χ0) is 18.6. The average Bonchev–Trinajstić information content (AvgIpc) is 2.70. The highest BCUT2D eigenvalue weighted by Crippen LogP contribution is 2.26. The fraction of sp³-hybridized carbons (Fsp3) is 0. The van der Waals surface area contributed by atoms with Crippen molar-refractivity contribution in [2.75, 3.05) is 5.32 Å². The van der Waals surface area contributed by atoms with E-state index in [-0.39, 0.29) is 11.8 Å². The molecule has 0 saturated carbocycles. The van der Waals surface area contributed by atoms with Crippen LogP contribution in [0.15, 0.2) is 79.1 Å². The highest BCUT2D eigenvalue weighted by Gasteiger charge is 2.16. The van der Waals surface area contributed by atoms with Crippen molar-refractivity contribution in [3.05, 3.63) is 89.7 Å². The Kier molecular flexibility index (Phi) is 4.68. The highest BCUT2D eigenvalue weighted by atomic mass is 35.5. The summed E-state index contributed by atoms with van der Waals surface area (Å²) in [6.45, 7) is 0. The Bertz CT molecular complexity index is 1110. The quantitative estimate of drug-likeness (QED) is 0.523. The predicted molar refractivity (Wildman–Crippen MR) is 105 cm³/mol. The SMILES string of the molecule is O=C(Nc1cccc2cccnc12)c1cccnc1Oc1ccc(Cl)cc1. The maximum absolute atomic E-state index is 12.8. The summed E-state index contributed by atoms with van der Waals surface area (Å²) in [4.78, 5) is 21.4. The van der Waals surface area contributed by atoms with Gasteiger partial charge in [-0.3, -0.25) is 9.78 Å². The van der Waals surface area contributed by atoms with Gasteiger partial charge in [0.15, 0.2) is 0 Å². The van der Waals surface area contributed by atoms with E-state index in [2.05, 4.69) is 15.3 Å². The number of halogens is 1. The van der Waals surface area contributed by atoms with Gasteiger partial charge < -0.3 is 10.1 Å². The number of fused-ring (bicyclic) bond motifs is 1. The van der Waals surface area contributed by atoms with E-state index in [0.717, 1.165) is 10.9 Å². The molecule has 2 aromatic carbocycles. The number of ether oxygens (including phenoxy) is 1. The highest BCUT2D eigenvalue weighted by molar-refractivity contribution is 6.30. The largest absolute Gasteiger partial charge is 0.438 e. The van der Waals surface area contributed by atoms with E-state index >= 15 is 0 Å². The molecule has 2 aromatic heterocycles. The van der Waals surface area contributed by atoms with Gasteiger partial charge in [0.05, 0.1) is 11.2 Å². The van der Waals surface area contributed by atoms with Crippen LogP contribution in [-0.2, 0) is 0 Å². The zero-order valence-electron chi connectivity index (χ0n) is 14.1. The van der Waals surface area contributed by atoms with E-state index < -0.39 is 0 Å². The fourth-order valence-electron chi connectivity index (χ4n) is 2.65. The first-order chi connectivity index (χ1) is 13.2. The van der Waals surface area contributed by atoms with Gasteiger partial charge in [-0.05, 0) is 48.5 Å². The lowest BCUT2D eigenvalue weighted by Gasteiger charge is -2.11. The number of hydrogen-bond acceptors (Lipinski definition) is 4. The molecule has 0 saturated heterocycles. The molecule has 0 aliphatic rings. The van der Waals surface area contributed by atoms with E-state index in [1.54, 1.807) is 48.8 Å². The molecule has 0 aliphatic heterocycles. The van der Waals surface area contributed by atoms with Crippen LogP contribution in [0.25, 0.3) is 10.9 Å². The molecule has 6 heteroatoms. The average molecular weight is 376 g/mol. The Morgan fingerprint density at radius 3 is 2.48 bits per heavy atom. The van der Waals surface area contributed by atoms with Gasteiger partial charge in [0.2, 0.25) is 5.88 Å². The van der Waals surface area contributed by atoms with E-state index in [9.17, 15) is 4.79 Å². The van der Waals surface area contributed by atoms with Gasteiger partial charge >= 0.3 is 0 Å². The molecule has 0 radical (unpaired) electrons. The summed E-state index contributed by atoms with van der Waals surface area (Å²) in [6.07, 6.45) is 3.26. The molecule has 2 heterocycles. The Labute approximate surface area is 160 Å². The van der Waals surface area contributed by atoms with Crippen LogP contribution in [0.1, 0.15) is 10.4 Å². The lowest BCUT2D eigenvalue weighted by Crippen LogP contribution is -2.14. The predicted octanol–water partition coefficient (Wildman–Crippen LogP) is 5.33. The number of hydrogen-bond donors (Lipinski definition) is 1. The molecular weight excluding hydrogens is 362 g/mol. The number of benzene rings is 2. The third-order valence-electron chi connectivity index (χ3n) is 3.92. The molecular formula is C21H14ClN3O2. The van der Waals surface area contributed by atoms with E-state index in [1.165, 1.54) is 0 Å². The second-order valence-corrected chi connectivity index (χ2v) is 6.18. The van der Waals surface area contributed by atoms with Crippen LogP contribution in [-0.4, -0.2) is 15.9 Å². The number of amides is 1. The maximum atomic E-state index is 12.8. The fourth-order valence-corrected chi connectivity index (χ4v) is 2.78. The summed E-state index contributed by atoms with van der Waals surface area (Å²) in [7, 11) is 0. The molecule has 5 nitrogen and oxygen atoms in total. The standard InChI is InChI=1S/C21H14ClN3O2/c22-15-8-10-16(11-9-15)27-21-17(6-3-13-24-21)20(26)25-18-7-1-4-14-5-2-12-23-19(14)18/h1-13H,(H,25,26). The second-order valence-electron chi connectivity index (χ2n) is 5.75. The third-order valence-corrected chi connectivity index (χ3v) is 4.18. The summed E-state index contributed by atoms with van der Waals surface area (Å²) in [5, 5.41) is 4.44. The lowest BCUT2D eigenvalue weighted by atomic mass is 10.2. The first kappa shape index (κ1) is 17.0. The van der Waals surface area contributed by atoms with E-state index in [0.29, 0.717) is 22.0 Å². The van der Waals surface area contributed by atoms with Gasteiger partial charge in [-0.1, -0.05) is 29.8 Å². The van der Waals surface area contributed by atoms with Crippen molar-refractivity contribution in [2.24, 2.45) is 0 Å². The van der Waals surface area contributed by atoms with Crippen molar-refractivity contribution < 1.29 is 9.53 Å². The molecule has 4 aromatic rings. The van der Waals surface area contributed by atoms with E-state index in [4.69, 9.17) is 16.3 Å². The smallest absolute Gasteiger partial charge is 0.261 e. The molecule has 1 N–H and O–H groups in total. The van der Waals surface area contributed by atoms with Gasteiger partial charge in [0.25, 0.3) is 5.91 Å². The molecule has 4 rings (SSSR count). The summed E-state index contributed by atoms with van der Waals surface area (Å²) < 4.78 is 5.76. The minimum absolute atomic E-state index is 0.213. The number of carbonyl (C=O) groups is 1. The number of nitrogens with zero attached hydrogens (tertiary/aromatic N) is 2. The normalized spacial score (nSPS) is 10.6. The molecule has 1 amide bonds. The molecule has 0 bridgehead atoms. The maximum Gasteiger partial charge on any atom is 0.261 e. The van der Waals surface area contributed by atoms with Crippen molar-refractivity contribution in [3.63, 3.8) is 0 Å². The van der Waals surface area contributed by atoms with Gasteiger partial charge in [0.1, 0.15) is 11.3 Å². The zero-order valence-corrected chi connectivity index (χ0v) is 14.9. The third kappa shape index (κ3) is 3.73. The first-order valence-electron chi connectivity index (χ1n) is 8.24. The summed E-state index contributed by atoms with van der Waals surface area (Å²) in [5.41, 5.74) is 1.66. The Balaban J connectivity index is 1.63. The Morgan fingerprint density at radius 1 is 0.889 bits per heavy atom. The van der Waals surface area contributed by atoms with Crippen LogP contribution < -0.4 is 10.1 Å². The van der Waals surface area contributed by atoms with Crippen LogP contribution in [0.3, 0.4) is 0 Å². The molecule has 0 aliphatic carbocycles. The Hall–Kier alpha value is -3.44. The number of rotatable bonds is 4. The molecule has 0 unspecified atom stereocenters. The topological polar surface area (TPSA) is 64.1 Å². The van der Waals surface area contributed by atoms with Crippen LogP contribution in [0, 0.1) is 0 Å². The van der Waals surface area contributed by atoms with Crippen molar-refractivity contribution in [1.29, 1.82) is 0 Å². The molecule has 0 fully saturated rings. The van der Waals surface area contributed by atoms with Crippen molar-refractivity contribution >= 4 is 34.1 Å². The number of aromatic nitrogens is 2. The molecule has 27 heavy (non-hydrogen) atoms. The van der Waals surface area contributed by atoms with Crippen LogP contribution in [0.2, 0.25) is 5.02 Å². The number of carbonyl (C=O) groups excluding carboxylic acids is 1. The Morgan fingerprint density at radius 2 is 1.63 bits per heavy atom. The molecule has 0 spiro atoms. The molecule has 0 atom stereocenters. The summed E-state index contributed by atoms with van der Waals surface area (Å²) >= 11 is 5.89. The first-order valence-corrected chi connectivity index (χ1v) is 8.62. The lowest BCUT2D eigenvalue weighted by molar-refractivity contribution is 0.102. The second kappa shape index (κ2) is 7.43. The van der Waals surface area contributed by atoms with E-state index in [1.807, 2.05) is 30.3 Å². The van der Waals surface area contributed by atoms with Gasteiger partial charge in [0, 0.05) is 22.8 Å². The van der Waals surface area contributed by atoms with Crippen LogP contribution >= 0.6 is 11.6 Å². The van der Waals surface area contributed by atoms with Crippen molar-refractivity contribution in [2.45, 2.75) is 0 Å². The number of nitrogens with one attached hydrogen (secondary N) is 1. The number of para-hydroxylation sites is 1. The van der Waals surface area contributed by atoms with Crippen LogP contribution in [0.4, 0.5) is 5.69 Å². The molecule has 132 valence electrons. The minimum Gasteiger partial charge on any atom is -0.438 e. The van der Waals surface area contributed by atoms with Crippen molar-refractivity contribution in [1.82, 2.24) is 9.97 Å². The minimum atomic E-state index is -0.329. The summed E-state index contributed by atoms with van der Waals surface area (Å²) in [6, 6.07) is 19.6. The number of anilines is 1. The van der Waals surface area contributed by atoms with Gasteiger partial charge in [-0.15, -0.1) is 0 Å².